The molecule has 1 aromatic carbocycles. The lowest BCUT2D eigenvalue weighted by molar-refractivity contribution is -0.137. The number of nitrogens with one attached hydrogen (secondary N) is 1. The van der Waals surface area contributed by atoms with Crippen molar-refractivity contribution in [2.24, 2.45) is 10.8 Å². The molecule has 0 spiro atoms. The lowest BCUT2D eigenvalue weighted by Crippen LogP contribution is -2.26. The maximum atomic E-state index is 12.7. The van der Waals surface area contributed by atoms with Crippen LogP contribution in [-0.2, 0) is 6.18 Å². The van der Waals surface area contributed by atoms with Gasteiger partial charge in [-0.05, 0) is 24.3 Å². The normalized spacial score (nSPS) is 12.2. The number of primary amides is 1. The summed E-state index contributed by atoms with van der Waals surface area (Å²) in [7, 11) is 0. The molecule has 0 aliphatic rings. The molecule has 0 atom stereocenters. The number of amides is 2. The molecule has 2 aromatic rings. The molecular formula is C14H8Cl3F3N4O. The van der Waals surface area contributed by atoms with E-state index in [2.05, 4.69) is 10.1 Å². The summed E-state index contributed by atoms with van der Waals surface area (Å²) in [6.07, 6.45) is -4.03. The maximum Gasteiger partial charge on any atom is 0.417 e. The summed E-state index contributed by atoms with van der Waals surface area (Å²) < 4.78 is 38.2. The van der Waals surface area contributed by atoms with Crippen molar-refractivity contribution in [3.8, 4) is 0 Å². The highest BCUT2D eigenvalue weighted by atomic mass is 35.5. The summed E-state index contributed by atoms with van der Waals surface area (Å²) >= 11 is 17.8. The van der Waals surface area contributed by atoms with Crippen LogP contribution >= 0.6 is 34.8 Å². The largest absolute Gasteiger partial charge is 0.417 e. The Labute approximate surface area is 154 Å². The fourth-order valence-corrected chi connectivity index (χ4v) is 2.55. The van der Waals surface area contributed by atoms with E-state index in [0.717, 1.165) is 0 Å². The van der Waals surface area contributed by atoms with Crippen molar-refractivity contribution in [2.75, 3.05) is 0 Å². The number of hydrogen-bond acceptors (Lipinski definition) is 3. The lowest BCUT2D eigenvalue weighted by atomic mass is 10.1. The van der Waals surface area contributed by atoms with Crippen LogP contribution in [0, 0.1) is 0 Å². The van der Waals surface area contributed by atoms with Gasteiger partial charge in [-0.1, -0.05) is 34.8 Å². The number of hydrogen-bond donors (Lipinski definition) is 2. The van der Waals surface area contributed by atoms with Gasteiger partial charge in [0, 0.05) is 16.8 Å². The highest BCUT2D eigenvalue weighted by molar-refractivity contribution is 6.39. The average Bonchev–Trinajstić information content (AvgIpc) is 2.49. The van der Waals surface area contributed by atoms with E-state index in [1.54, 1.807) is 0 Å². The van der Waals surface area contributed by atoms with Crippen LogP contribution in [0.1, 0.15) is 16.8 Å². The van der Waals surface area contributed by atoms with E-state index in [1.165, 1.54) is 18.2 Å². The summed E-state index contributed by atoms with van der Waals surface area (Å²) in [5.41, 5.74) is 5.91. The topological polar surface area (TPSA) is 80.4 Å². The van der Waals surface area contributed by atoms with Gasteiger partial charge in [0.15, 0.2) is 0 Å². The second-order valence-electron chi connectivity index (χ2n) is 4.61. The monoisotopic (exact) mass is 410 g/mol. The molecule has 1 heterocycles. The van der Waals surface area contributed by atoms with Gasteiger partial charge in [0.25, 0.3) is 0 Å². The van der Waals surface area contributed by atoms with Gasteiger partial charge in [0.1, 0.15) is 11.4 Å². The van der Waals surface area contributed by atoms with Crippen LogP contribution in [-0.4, -0.2) is 16.7 Å². The molecule has 3 N–H and O–H groups in total. The van der Waals surface area contributed by atoms with Crippen LogP contribution in [0.25, 0.3) is 0 Å². The average molecular weight is 412 g/mol. The Bertz CT molecular complexity index is 856. The molecule has 0 aliphatic heterocycles. The smallest absolute Gasteiger partial charge is 0.350 e. The van der Waals surface area contributed by atoms with Gasteiger partial charge in [0.05, 0.1) is 15.6 Å². The van der Waals surface area contributed by atoms with Gasteiger partial charge >= 0.3 is 12.2 Å². The fraction of sp³-hybridized carbons (Fsp3) is 0.0714. The molecule has 0 unspecified atom stereocenters. The first kappa shape index (κ1) is 19.3. The molecule has 11 heteroatoms. The van der Waals surface area contributed by atoms with Crippen molar-refractivity contribution in [1.82, 2.24) is 10.4 Å². The van der Waals surface area contributed by atoms with Crippen molar-refractivity contribution in [3.05, 3.63) is 62.4 Å². The molecule has 0 radical (unpaired) electrons. The molecular weight excluding hydrogens is 404 g/mol. The van der Waals surface area contributed by atoms with Crippen LogP contribution in [0.3, 0.4) is 0 Å². The van der Waals surface area contributed by atoms with E-state index in [0.29, 0.717) is 17.3 Å². The number of urea groups is 1. The van der Waals surface area contributed by atoms with Gasteiger partial charge in [-0.25, -0.2) is 10.2 Å². The zero-order valence-corrected chi connectivity index (χ0v) is 14.3. The van der Waals surface area contributed by atoms with Crippen molar-refractivity contribution in [2.45, 2.75) is 6.18 Å². The van der Waals surface area contributed by atoms with Gasteiger partial charge in [-0.2, -0.15) is 18.3 Å². The van der Waals surface area contributed by atoms with E-state index in [-0.39, 0.29) is 27.0 Å². The summed E-state index contributed by atoms with van der Waals surface area (Å²) in [5, 5.41) is 3.84. The minimum absolute atomic E-state index is 0.0841. The van der Waals surface area contributed by atoms with Crippen molar-refractivity contribution in [1.29, 1.82) is 0 Å². The number of benzene rings is 1. The number of aromatic nitrogens is 1. The van der Waals surface area contributed by atoms with E-state index >= 15 is 0 Å². The summed E-state index contributed by atoms with van der Waals surface area (Å²) in [6.45, 7) is 0. The zero-order valence-electron chi connectivity index (χ0n) is 12.0. The molecule has 1 aromatic heterocycles. The summed E-state index contributed by atoms with van der Waals surface area (Å²) in [6, 6.07) is 4.00. The predicted octanol–water partition coefficient (Wildman–Crippen LogP) is 4.48. The third-order valence-electron chi connectivity index (χ3n) is 2.86. The van der Waals surface area contributed by atoms with Crippen LogP contribution in [0.5, 0.6) is 0 Å². The van der Waals surface area contributed by atoms with Gasteiger partial charge in [-0.15, -0.1) is 0 Å². The predicted molar refractivity (Wildman–Crippen MR) is 89.1 cm³/mol. The Kier molecular flexibility index (Phi) is 5.76. The van der Waals surface area contributed by atoms with Crippen molar-refractivity contribution in [3.63, 3.8) is 0 Å². The molecule has 132 valence electrons. The summed E-state index contributed by atoms with van der Waals surface area (Å²) in [4.78, 5) is 14.6. The SMILES string of the molecule is NC(=O)N/N=C(\c1ccc(Cl)cc1Cl)c1ncc(C(F)(F)F)cc1Cl. The van der Waals surface area contributed by atoms with E-state index in [9.17, 15) is 18.0 Å². The number of carbonyl (C=O) groups excluding carboxylic acids is 1. The molecule has 0 fully saturated rings. The molecule has 0 saturated heterocycles. The number of carbonyl (C=O) groups is 1. The second-order valence-corrected chi connectivity index (χ2v) is 5.86. The van der Waals surface area contributed by atoms with Crippen molar-refractivity contribution < 1.29 is 18.0 Å². The number of hydrazone groups is 1. The van der Waals surface area contributed by atoms with E-state index in [4.69, 9.17) is 40.5 Å². The van der Waals surface area contributed by atoms with Gasteiger partial charge in [-0.3, -0.25) is 4.98 Å². The first-order valence-electron chi connectivity index (χ1n) is 6.41. The highest BCUT2D eigenvalue weighted by Gasteiger charge is 2.32. The van der Waals surface area contributed by atoms with Crippen LogP contribution in [0.2, 0.25) is 15.1 Å². The molecule has 2 amide bonds. The number of rotatable bonds is 3. The lowest BCUT2D eigenvalue weighted by Gasteiger charge is -2.12. The number of nitrogens with two attached hydrogens (primary N) is 1. The van der Waals surface area contributed by atoms with Crippen LogP contribution in [0.4, 0.5) is 18.0 Å². The van der Waals surface area contributed by atoms with Gasteiger partial charge < -0.3 is 5.73 Å². The quantitative estimate of drug-likeness (QED) is 0.577. The molecule has 2 rings (SSSR count). The molecule has 25 heavy (non-hydrogen) atoms. The summed E-state index contributed by atoms with van der Waals surface area (Å²) in [5.74, 6) is 0. The molecule has 5 nitrogen and oxygen atoms in total. The standard InChI is InChI=1S/C14H8Cl3F3N4O/c15-7-1-2-8(9(16)4-7)11(23-24-13(21)25)12-10(17)3-6(5-22-12)14(18,19)20/h1-5H,(H3,21,24,25)/b23-11+. The molecule has 0 bridgehead atoms. The number of alkyl halides is 3. The number of nitrogens with zero attached hydrogens (tertiary/aromatic N) is 2. The Balaban J connectivity index is 2.61. The minimum atomic E-state index is -4.62. The van der Waals surface area contributed by atoms with Gasteiger partial charge in [0.2, 0.25) is 0 Å². The zero-order chi connectivity index (χ0) is 18.8. The first-order valence-corrected chi connectivity index (χ1v) is 7.54. The third kappa shape index (κ3) is 4.75. The minimum Gasteiger partial charge on any atom is -0.350 e. The van der Waals surface area contributed by atoms with Crippen LogP contribution < -0.4 is 11.2 Å². The Morgan fingerprint density at radius 1 is 1.16 bits per heavy atom. The molecule has 0 aliphatic carbocycles. The van der Waals surface area contributed by atoms with Crippen molar-refractivity contribution >= 4 is 46.5 Å². The highest BCUT2D eigenvalue weighted by Crippen LogP contribution is 2.32. The Morgan fingerprint density at radius 2 is 1.84 bits per heavy atom. The van der Waals surface area contributed by atoms with Crippen LogP contribution in [0.15, 0.2) is 35.6 Å². The van der Waals surface area contributed by atoms with E-state index < -0.39 is 17.8 Å². The Hall–Kier alpha value is -2.03. The second kappa shape index (κ2) is 7.47. The first-order chi connectivity index (χ1) is 11.6. The van der Waals surface area contributed by atoms with E-state index in [1.807, 2.05) is 5.43 Å². The number of halogens is 6. The Morgan fingerprint density at radius 3 is 2.36 bits per heavy atom. The third-order valence-corrected chi connectivity index (χ3v) is 3.69. The fourth-order valence-electron chi connectivity index (χ4n) is 1.80. The maximum absolute atomic E-state index is 12.7. The molecule has 0 saturated carbocycles. The number of pyridine rings is 1.